The van der Waals surface area contributed by atoms with Crippen molar-refractivity contribution >= 4 is 39.1 Å². The van der Waals surface area contributed by atoms with Crippen LogP contribution in [0.5, 0.6) is 0 Å². The molecule has 34 heavy (non-hydrogen) atoms. The summed E-state index contributed by atoms with van der Waals surface area (Å²) >= 11 is 0. The van der Waals surface area contributed by atoms with Gasteiger partial charge in [0.25, 0.3) is 0 Å². The molecule has 186 valence electrons. The molecule has 3 nitrogen and oxygen atoms in total. The quantitative estimate of drug-likeness (QED) is 0.249. The lowest BCUT2D eigenvalue weighted by Gasteiger charge is -2.31. The third kappa shape index (κ3) is 6.98. The van der Waals surface area contributed by atoms with E-state index in [1.165, 1.54) is 11.1 Å². The zero-order valence-corrected chi connectivity index (χ0v) is 27.0. The van der Waals surface area contributed by atoms with Crippen LogP contribution in [0.25, 0.3) is 11.1 Å². The number of hydrogen-bond donors (Lipinski definition) is 0. The third-order valence-electron chi connectivity index (χ3n) is 6.20. The van der Waals surface area contributed by atoms with Gasteiger partial charge in [-0.2, -0.15) is 0 Å². The summed E-state index contributed by atoms with van der Waals surface area (Å²) in [5.74, 6) is 0.215. The Balaban J connectivity index is 1.85. The van der Waals surface area contributed by atoms with Gasteiger partial charge in [-0.05, 0) is 113 Å². The van der Waals surface area contributed by atoms with Gasteiger partial charge in [0, 0.05) is 11.1 Å². The van der Waals surface area contributed by atoms with Gasteiger partial charge >= 0.3 is 0 Å². The van der Waals surface area contributed by atoms with E-state index in [2.05, 4.69) is 102 Å². The van der Waals surface area contributed by atoms with Crippen LogP contribution in [-0.2, 0) is 21.1 Å². The molecule has 7 heteroatoms. The van der Waals surface area contributed by atoms with Crippen molar-refractivity contribution in [1.29, 1.82) is 0 Å². The molecule has 1 aliphatic carbocycles. The highest BCUT2D eigenvalue weighted by Crippen LogP contribution is 2.41. The minimum Gasteiger partial charge on any atom is -0.456 e. The predicted octanol–water partition coefficient (Wildman–Crippen LogP) is 8.10. The largest absolute Gasteiger partial charge is 0.456 e. The summed E-state index contributed by atoms with van der Waals surface area (Å²) in [4.78, 5) is 13.8. The second-order valence-electron chi connectivity index (χ2n) is 13.0. The van der Waals surface area contributed by atoms with Crippen LogP contribution in [0, 0.1) is 0 Å². The molecule has 0 bridgehead atoms. The molecular weight excluding hydrogens is 485 g/mol. The number of fused-ring (bicyclic) bond motifs is 3. The maximum atomic E-state index is 13.8. The van der Waals surface area contributed by atoms with Crippen LogP contribution >= 0.6 is 0 Å². The molecule has 0 atom stereocenters. The zero-order valence-electron chi connectivity index (χ0n) is 23.0. The van der Waals surface area contributed by atoms with E-state index < -0.39 is 33.3 Å². The number of hydrogen-bond acceptors (Lipinski definition) is 3. The summed E-state index contributed by atoms with van der Waals surface area (Å²) in [5, 5.41) is 0. The van der Waals surface area contributed by atoms with E-state index in [1.54, 1.807) is 0 Å². The summed E-state index contributed by atoms with van der Waals surface area (Å²) in [6.07, 6.45) is 1.82. The highest BCUT2D eigenvalue weighted by molar-refractivity contribution is 6.84. The van der Waals surface area contributed by atoms with Gasteiger partial charge in [-0.25, -0.2) is 0 Å². The Morgan fingerprint density at radius 3 is 1.26 bits per heavy atom. The van der Waals surface area contributed by atoms with Crippen molar-refractivity contribution < 1.29 is 13.0 Å². The number of benzene rings is 2. The van der Waals surface area contributed by atoms with E-state index in [4.69, 9.17) is 8.23 Å². The Kier molecular flexibility index (Phi) is 7.88. The van der Waals surface area contributed by atoms with E-state index in [1.807, 2.05) is 0 Å². The van der Waals surface area contributed by atoms with Gasteiger partial charge in [-0.1, -0.05) is 36.4 Å². The average molecular weight is 529 g/mol. The standard InChI is InChI=1S/C27H44O3Si4/c1-31(2,3)29-33(7,8)19-17-21-13-11-15-23-24-16-12-14-22(26(24)27(28)25(21)23)18-20-34(9,10)30-32(4,5)6/h11-16H,17-20H2,1-10H3. The SMILES string of the molecule is C[Si](C)(C)O[Si](C)(C)CCc1cccc2c1C(=O)c1c(CC[Si](C)(C)O[Si](C)(C)C)cccc1-2. The van der Waals surface area contributed by atoms with Crippen LogP contribution in [0.15, 0.2) is 36.4 Å². The molecule has 0 spiro atoms. The van der Waals surface area contributed by atoms with Gasteiger partial charge in [0.15, 0.2) is 39.1 Å². The number of ketones is 1. The lowest BCUT2D eigenvalue weighted by Crippen LogP contribution is -2.42. The summed E-state index contributed by atoms with van der Waals surface area (Å²) < 4.78 is 13.1. The molecule has 1 aliphatic rings. The number of carbonyl (C=O) groups is 1. The van der Waals surface area contributed by atoms with Crippen LogP contribution < -0.4 is 0 Å². The second-order valence-corrected chi connectivity index (χ2v) is 31.1. The van der Waals surface area contributed by atoms with Crippen molar-refractivity contribution in [3.63, 3.8) is 0 Å². The minimum atomic E-state index is -1.78. The van der Waals surface area contributed by atoms with Gasteiger partial charge < -0.3 is 8.23 Å². The second kappa shape index (κ2) is 9.75. The molecule has 2 aromatic carbocycles. The molecular formula is C27H44O3Si4. The summed E-state index contributed by atoms with van der Waals surface area (Å²) in [6, 6.07) is 14.9. The Bertz CT molecular complexity index is 979. The fraction of sp³-hybridized carbons (Fsp3) is 0.519. The van der Waals surface area contributed by atoms with Crippen molar-refractivity contribution in [2.75, 3.05) is 0 Å². The molecule has 0 saturated carbocycles. The molecule has 0 unspecified atom stereocenters. The maximum Gasteiger partial charge on any atom is 0.194 e. The number of rotatable bonds is 10. The van der Waals surface area contributed by atoms with Gasteiger partial charge in [0.1, 0.15) is 0 Å². The average Bonchev–Trinajstić information content (AvgIpc) is 2.95. The van der Waals surface area contributed by atoms with Gasteiger partial charge in [0.05, 0.1) is 0 Å². The monoisotopic (exact) mass is 528 g/mol. The molecule has 0 radical (unpaired) electrons. The molecule has 0 heterocycles. The fourth-order valence-electron chi connectivity index (χ4n) is 5.36. The topological polar surface area (TPSA) is 35.5 Å². The van der Waals surface area contributed by atoms with E-state index in [0.717, 1.165) is 47.2 Å². The number of carbonyl (C=O) groups excluding carboxylic acids is 1. The van der Waals surface area contributed by atoms with Gasteiger partial charge in [-0.3, -0.25) is 4.79 Å². The molecule has 0 saturated heterocycles. The fourth-order valence-corrected chi connectivity index (χ4v) is 21.2. The van der Waals surface area contributed by atoms with E-state index in [0.29, 0.717) is 0 Å². The first-order valence-corrected chi connectivity index (χ1v) is 25.7. The van der Waals surface area contributed by atoms with E-state index >= 15 is 0 Å². The Labute approximate surface area is 211 Å². The van der Waals surface area contributed by atoms with Crippen molar-refractivity contribution in [2.45, 2.75) is 90.4 Å². The predicted molar refractivity (Wildman–Crippen MR) is 156 cm³/mol. The number of aryl methyl sites for hydroxylation is 2. The van der Waals surface area contributed by atoms with Crippen molar-refractivity contribution in [2.24, 2.45) is 0 Å². The van der Waals surface area contributed by atoms with Crippen LogP contribution in [0.3, 0.4) is 0 Å². The van der Waals surface area contributed by atoms with Crippen molar-refractivity contribution in [1.82, 2.24) is 0 Å². The summed E-state index contributed by atoms with van der Waals surface area (Å²) in [7, 11) is -6.70. The first kappa shape index (κ1) is 27.5. The zero-order chi connectivity index (χ0) is 25.5. The van der Waals surface area contributed by atoms with Gasteiger partial charge in [0.2, 0.25) is 0 Å². The highest BCUT2D eigenvalue weighted by Gasteiger charge is 2.35. The van der Waals surface area contributed by atoms with Crippen LogP contribution in [0.4, 0.5) is 0 Å². The molecule has 0 amide bonds. The minimum absolute atomic E-state index is 0.215. The van der Waals surface area contributed by atoms with Crippen molar-refractivity contribution in [3.05, 3.63) is 58.7 Å². The molecule has 0 aromatic heterocycles. The highest BCUT2D eigenvalue weighted by atomic mass is 28.4. The van der Waals surface area contributed by atoms with E-state index in [9.17, 15) is 4.79 Å². The van der Waals surface area contributed by atoms with Crippen LogP contribution in [0.1, 0.15) is 27.0 Å². The van der Waals surface area contributed by atoms with Gasteiger partial charge in [-0.15, -0.1) is 0 Å². The maximum absolute atomic E-state index is 13.8. The Morgan fingerprint density at radius 2 is 0.941 bits per heavy atom. The molecule has 0 fully saturated rings. The summed E-state index contributed by atoms with van der Waals surface area (Å²) in [6.45, 7) is 22.9. The van der Waals surface area contributed by atoms with Crippen molar-refractivity contribution in [3.8, 4) is 11.1 Å². The molecule has 3 rings (SSSR count). The van der Waals surface area contributed by atoms with Crippen LogP contribution in [0.2, 0.25) is 77.6 Å². The summed E-state index contributed by atoms with van der Waals surface area (Å²) in [5.41, 5.74) is 6.44. The first-order valence-electron chi connectivity index (χ1n) is 12.7. The molecule has 2 aromatic rings. The Morgan fingerprint density at radius 1 is 0.588 bits per heavy atom. The van der Waals surface area contributed by atoms with E-state index in [-0.39, 0.29) is 5.78 Å². The Hall–Kier alpha value is -1.10. The third-order valence-corrected chi connectivity index (χ3v) is 18.4. The molecule has 0 N–H and O–H groups in total. The van der Waals surface area contributed by atoms with Crippen LogP contribution in [-0.4, -0.2) is 39.1 Å². The molecule has 0 aliphatic heterocycles. The lowest BCUT2D eigenvalue weighted by molar-refractivity contribution is 0.104. The first-order chi connectivity index (χ1) is 15.5. The normalized spacial score (nSPS) is 14.4. The smallest absolute Gasteiger partial charge is 0.194 e. The lowest BCUT2D eigenvalue weighted by atomic mass is 9.99.